The van der Waals surface area contributed by atoms with Gasteiger partial charge in [-0.15, -0.1) is 0 Å². The van der Waals surface area contributed by atoms with E-state index in [-0.39, 0.29) is 18.8 Å². The lowest BCUT2D eigenvalue weighted by Crippen LogP contribution is -2.47. The van der Waals surface area contributed by atoms with Gasteiger partial charge >= 0.3 is 0 Å². The van der Waals surface area contributed by atoms with Gasteiger partial charge in [0.15, 0.2) is 0 Å². The van der Waals surface area contributed by atoms with Crippen LogP contribution >= 0.6 is 0 Å². The fraction of sp³-hybridized carbons (Fsp3) is 1.00. The lowest BCUT2D eigenvalue weighted by molar-refractivity contribution is 0.178. The van der Waals surface area contributed by atoms with Crippen LogP contribution in [0.3, 0.4) is 0 Å². The number of ether oxygens (including phenoxy) is 1. The van der Waals surface area contributed by atoms with Crippen molar-refractivity contribution in [2.45, 2.75) is 25.3 Å². The van der Waals surface area contributed by atoms with Crippen LogP contribution in [-0.4, -0.2) is 44.6 Å². The molecule has 0 radical (unpaired) electrons. The summed E-state index contributed by atoms with van der Waals surface area (Å²) in [4.78, 5) is 0. The van der Waals surface area contributed by atoms with Crippen molar-refractivity contribution in [3.05, 3.63) is 0 Å². The molecule has 0 spiro atoms. The summed E-state index contributed by atoms with van der Waals surface area (Å²) in [5.74, 6) is -0.0287. The molecule has 1 atom stereocenters. The molecule has 0 saturated carbocycles. The highest BCUT2D eigenvalue weighted by Gasteiger charge is 2.33. The topological polar surface area (TPSA) is 75.6 Å². The molecule has 14 heavy (non-hydrogen) atoms. The van der Waals surface area contributed by atoms with Crippen LogP contribution in [0.15, 0.2) is 0 Å². The van der Waals surface area contributed by atoms with Gasteiger partial charge in [0.05, 0.1) is 17.9 Å². The second kappa shape index (κ2) is 4.57. The van der Waals surface area contributed by atoms with E-state index < -0.39 is 15.6 Å². The molecule has 1 aliphatic heterocycles. The van der Waals surface area contributed by atoms with Gasteiger partial charge in [0.25, 0.3) is 0 Å². The number of nitrogens with one attached hydrogen (secondary N) is 1. The second-order valence-electron chi connectivity index (χ2n) is 3.86. The summed E-state index contributed by atoms with van der Waals surface area (Å²) in [5.41, 5.74) is -0.464. The predicted octanol–water partition coefficient (Wildman–Crippen LogP) is -0.533. The van der Waals surface area contributed by atoms with Gasteiger partial charge in [-0.1, -0.05) is 0 Å². The molecule has 1 aliphatic rings. The van der Waals surface area contributed by atoms with Crippen LogP contribution in [-0.2, 0) is 14.8 Å². The molecule has 0 aromatic heterocycles. The average molecular weight is 223 g/mol. The maximum Gasteiger partial charge on any atom is 0.212 e. The zero-order valence-corrected chi connectivity index (χ0v) is 9.14. The van der Waals surface area contributed by atoms with E-state index in [0.717, 1.165) is 0 Å². The molecular formula is C8H17NO4S. The first kappa shape index (κ1) is 11.9. The molecule has 0 aromatic carbocycles. The Labute approximate surface area is 84.5 Å². The van der Waals surface area contributed by atoms with E-state index in [9.17, 15) is 8.42 Å². The van der Waals surface area contributed by atoms with E-state index in [2.05, 4.69) is 4.72 Å². The molecule has 1 heterocycles. The molecule has 0 aromatic rings. The van der Waals surface area contributed by atoms with Gasteiger partial charge in [-0.05, 0) is 19.8 Å². The van der Waals surface area contributed by atoms with E-state index in [1.807, 2.05) is 6.92 Å². The molecule has 1 fully saturated rings. The Hall–Kier alpha value is -0.170. The van der Waals surface area contributed by atoms with E-state index in [4.69, 9.17) is 9.84 Å². The third kappa shape index (κ3) is 3.53. The fourth-order valence-electron chi connectivity index (χ4n) is 1.43. The number of hydrogen-bond donors (Lipinski definition) is 2. The molecule has 0 bridgehead atoms. The van der Waals surface area contributed by atoms with Crippen molar-refractivity contribution < 1.29 is 18.3 Å². The fourth-order valence-corrected chi connectivity index (χ4v) is 2.95. The van der Waals surface area contributed by atoms with Crippen LogP contribution in [0.2, 0.25) is 0 Å². The largest absolute Gasteiger partial charge is 0.396 e. The SMILES string of the molecule is CC1(NS(=O)(=O)CCCO)CCOC1. The molecule has 5 nitrogen and oxygen atoms in total. The Morgan fingerprint density at radius 2 is 2.29 bits per heavy atom. The first-order chi connectivity index (χ1) is 6.47. The monoisotopic (exact) mass is 223 g/mol. The molecule has 1 rings (SSSR count). The molecule has 84 valence electrons. The third-order valence-electron chi connectivity index (χ3n) is 2.19. The van der Waals surface area contributed by atoms with Gasteiger partial charge in [0.1, 0.15) is 0 Å². The molecule has 1 unspecified atom stereocenters. The highest BCUT2D eigenvalue weighted by atomic mass is 32.2. The summed E-state index contributed by atoms with van der Waals surface area (Å²) in [7, 11) is -3.28. The number of aliphatic hydroxyl groups is 1. The van der Waals surface area contributed by atoms with E-state index >= 15 is 0 Å². The Balaban J connectivity index is 2.49. The highest BCUT2D eigenvalue weighted by Crippen LogP contribution is 2.18. The minimum atomic E-state index is -3.28. The van der Waals surface area contributed by atoms with Crippen molar-refractivity contribution in [1.29, 1.82) is 0 Å². The summed E-state index contributed by atoms with van der Waals surface area (Å²) in [5, 5.41) is 8.54. The van der Waals surface area contributed by atoms with Gasteiger partial charge in [0, 0.05) is 13.2 Å². The number of rotatable bonds is 5. The van der Waals surface area contributed by atoms with Crippen molar-refractivity contribution in [2.24, 2.45) is 0 Å². The standard InChI is InChI=1S/C8H17NO4S/c1-8(3-5-13-7-8)9-14(11,12)6-2-4-10/h9-10H,2-7H2,1H3. The van der Waals surface area contributed by atoms with Crippen LogP contribution in [0.5, 0.6) is 0 Å². The molecule has 6 heteroatoms. The zero-order valence-electron chi connectivity index (χ0n) is 8.32. The van der Waals surface area contributed by atoms with Crippen LogP contribution in [0.1, 0.15) is 19.8 Å². The number of aliphatic hydroxyl groups excluding tert-OH is 1. The van der Waals surface area contributed by atoms with Crippen LogP contribution in [0.25, 0.3) is 0 Å². The van der Waals surface area contributed by atoms with Crippen molar-refractivity contribution in [3.8, 4) is 0 Å². The van der Waals surface area contributed by atoms with Crippen molar-refractivity contribution in [1.82, 2.24) is 4.72 Å². The maximum atomic E-state index is 11.5. The van der Waals surface area contributed by atoms with Gasteiger partial charge in [-0.3, -0.25) is 0 Å². The summed E-state index contributed by atoms with van der Waals surface area (Å²) in [6.07, 6.45) is 0.970. The van der Waals surface area contributed by atoms with Crippen LogP contribution in [0.4, 0.5) is 0 Å². The van der Waals surface area contributed by atoms with Crippen molar-refractivity contribution >= 4 is 10.0 Å². The van der Waals surface area contributed by atoms with Gasteiger partial charge < -0.3 is 9.84 Å². The zero-order chi connectivity index (χ0) is 10.7. The first-order valence-corrected chi connectivity index (χ1v) is 6.33. The smallest absolute Gasteiger partial charge is 0.212 e. The Bertz CT molecular complexity index is 269. The van der Waals surface area contributed by atoms with Gasteiger partial charge in [0.2, 0.25) is 10.0 Å². The first-order valence-electron chi connectivity index (χ1n) is 4.68. The summed E-state index contributed by atoms with van der Waals surface area (Å²) >= 11 is 0. The van der Waals surface area contributed by atoms with Gasteiger partial charge in [-0.25, -0.2) is 13.1 Å². The summed E-state index contributed by atoms with van der Waals surface area (Å²) < 4.78 is 30.7. The van der Waals surface area contributed by atoms with Crippen molar-refractivity contribution in [2.75, 3.05) is 25.6 Å². The molecule has 2 N–H and O–H groups in total. The molecule has 0 amide bonds. The Morgan fingerprint density at radius 1 is 1.57 bits per heavy atom. The normalized spacial score (nSPS) is 28.1. The van der Waals surface area contributed by atoms with Gasteiger partial charge in [-0.2, -0.15) is 0 Å². The predicted molar refractivity (Wildman–Crippen MR) is 52.5 cm³/mol. The van der Waals surface area contributed by atoms with E-state index in [1.54, 1.807) is 0 Å². The lowest BCUT2D eigenvalue weighted by atomic mass is 10.0. The van der Waals surface area contributed by atoms with Crippen molar-refractivity contribution in [3.63, 3.8) is 0 Å². The Morgan fingerprint density at radius 3 is 2.79 bits per heavy atom. The lowest BCUT2D eigenvalue weighted by Gasteiger charge is -2.22. The molecule has 1 saturated heterocycles. The summed E-state index contributed by atoms with van der Waals surface area (Å²) in [6.45, 7) is 2.75. The minimum Gasteiger partial charge on any atom is -0.396 e. The minimum absolute atomic E-state index is 0.0287. The van der Waals surface area contributed by atoms with Crippen LogP contribution in [0, 0.1) is 0 Å². The highest BCUT2D eigenvalue weighted by molar-refractivity contribution is 7.89. The molecule has 0 aliphatic carbocycles. The summed E-state index contributed by atoms with van der Waals surface area (Å²) in [6, 6.07) is 0. The molecular weight excluding hydrogens is 206 g/mol. The van der Waals surface area contributed by atoms with E-state index in [0.29, 0.717) is 19.6 Å². The number of sulfonamides is 1. The average Bonchev–Trinajstić information content (AvgIpc) is 2.47. The maximum absolute atomic E-state index is 11.5. The second-order valence-corrected chi connectivity index (χ2v) is 5.70. The third-order valence-corrected chi connectivity index (χ3v) is 3.82. The van der Waals surface area contributed by atoms with E-state index in [1.165, 1.54) is 0 Å². The number of hydrogen-bond acceptors (Lipinski definition) is 4. The Kier molecular flexibility index (Phi) is 3.88. The quantitative estimate of drug-likeness (QED) is 0.657. The van der Waals surface area contributed by atoms with Crippen LogP contribution < -0.4 is 4.72 Å².